The van der Waals surface area contributed by atoms with E-state index in [4.69, 9.17) is 0 Å². The molecule has 0 aliphatic rings. The summed E-state index contributed by atoms with van der Waals surface area (Å²) in [5.74, 6) is -0.454. The summed E-state index contributed by atoms with van der Waals surface area (Å²) in [7, 11) is 1.99. The van der Waals surface area contributed by atoms with E-state index in [1.54, 1.807) is 18.3 Å². The number of benzene rings is 3. The van der Waals surface area contributed by atoms with Gasteiger partial charge in [0, 0.05) is 30.0 Å². The number of pyridine rings is 1. The fraction of sp³-hybridized carbons (Fsp3) is 0.0385. The normalized spacial score (nSPS) is 11.0. The van der Waals surface area contributed by atoms with E-state index in [0.29, 0.717) is 5.69 Å². The molecular formula is C26H20N4O. The van der Waals surface area contributed by atoms with Gasteiger partial charge in [-0.05, 0) is 60.2 Å². The smallest absolute Gasteiger partial charge is 0.266 e. The van der Waals surface area contributed by atoms with Crippen LogP contribution in [-0.2, 0) is 4.79 Å². The summed E-state index contributed by atoms with van der Waals surface area (Å²) in [6.45, 7) is 0. The van der Waals surface area contributed by atoms with Gasteiger partial charge in [0.25, 0.3) is 5.91 Å². The Hall–Kier alpha value is -4.43. The average Bonchev–Trinajstić information content (AvgIpc) is 2.83. The van der Waals surface area contributed by atoms with Crippen LogP contribution in [0.15, 0.2) is 96.7 Å². The van der Waals surface area contributed by atoms with Gasteiger partial charge in [0.15, 0.2) is 0 Å². The summed E-state index contributed by atoms with van der Waals surface area (Å²) in [5.41, 5.74) is 4.29. The molecule has 1 amide bonds. The van der Waals surface area contributed by atoms with Crippen LogP contribution in [0.3, 0.4) is 0 Å². The van der Waals surface area contributed by atoms with E-state index in [1.165, 1.54) is 0 Å². The Balaban J connectivity index is 1.54. The highest BCUT2D eigenvalue weighted by Gasteiger charge is 2.12. The van der Waals surface area contributed by atoms with Gasteiger partial charge in [0.1, 0.15) is 11.6 Å². The lowest BCUT2D eigenvalue weighted by atomic mass is 10.1. The van der Waals surface area contributed by atoms with Crippen molar-refractivity contribution in [2.24, 2.45) is 0 Å². The number of amides is 1. The molecule has 5 nitrogen and oxygen atoms in total. The molecule has 1 aromatic heterocycles. The Morgan fingerprint density at radius 2 is 1.68 bits per heavy atom. The number of nitrogens with zero attached hydrogens (tertiary/aromatic N) is 3. The van der Waals surface area contributed by atoms with Crippen molar-refractivity contribution >= 4 is 39.9 Å². The maximum Gasteiger partial charge on any atom is 0.266 e. The summed E-state index contributed by atoms with van der Waals surface area (Å²) in [4.78, 5) is 19.1. The van der Waals surface area contributed by atoms with Crippen molar-refractivity contribution in [1.82, 2.24) is 4.98 Å². The second-order valence-corrected chi connectivity index (χ2v) is 6.99. The van der Waals surface area contributed by atoms with Crippen LogP contribution in [0.2, 0.25) is 0 Å². The lowest BCUT2D eigenvalue weighted by Gasteiger charge is -2.19. The number of carbonyl (C=O) groups excluding carboxylic acids is 1. The molecule has 0 fully saturated rings. The molecule has 31 heavy (non-hydrogen) atoms. The van der Waals surface area contributed by atoms with E-state index in [0.717, 1.165) is 27.8 Å². The first-order valence-electron chi connectivity index (χ1n) is 9.81. The van der Waals surface area contributed by atoms with Crippen molar-refractivity contribution in [3.05, 3.63) is 102 Å². The third-order valence-corrected chi connectivity index (χ3v) is 4.99. The predicted molar refractivity (Wildman–Crippen MR) is 125 cm³/mol. The zero-order chi connectivity index (χ0) is 21.6. The Bertz CT molecular complexity index is 1280. The van der Waals surface area contributed by atoms with Crippen LogP contribution in [0.25, 0.3) is 17.0 Å². The van der Waals surface area contributed by atoms with Gasteiger partial charge >= 0.3 is 0 Å². The minimum atomic E-state index is -0.454. The third kappa shape index (κ3) is 4.44. The molecule has 1 N–H and O–H groups in total. The van der Waals surface area contributed by atoms with E-state index < -0.39 is 5.91 Å². The minimum Gasteiger partial charge on any atom is -0.345 e. The maximum absolute atomic E-state index is 12.7. The molecule has 3 aromatic carbocycles. The Labute approximate surface area is 180 Å². The topological polar surface area (TPSA) is 69.0 Å². The number of para-hydroxylation sites is 1. The number of aromatic nitrogens is 1. The lowest BCUT2D eigenvalue weighted by Crippen LogP contribution is -2.13. The number of fused-ring (bicyclic) bond motifs is 1. The van der Waals surface area contributed by atoms with Crippen LogP contribution < -0.4 is 10.2 Å². The number of nitrogens with one attached hydrogen (secondary N) is 1. The van der Waals surface area contributed by atoms with Crippen LogP contribution in [0.5, 0.6) is 0 Å². The molecule has 0 saturated heterocycles. The second-order valence-electron chi connectivity index (χ2n) is 6.99. The number of hydrogen-bond acceptors (Lipinski definition) is 4. The molecule has 5 heteroatoms. The summed E-state index contributed by atoms with van der Waals surface area (Å²) in [6, 6.07) is 28.9. The van der Waals surface area contributed by atoms with Crippen molar-refractivity contribution < 1.29 is 4.79 Å². The van der Waals surface area contributed by atoms with E-state index in [-0.39, 0.29) is 5.57 Å². The number of anilines is 3. The summed E-state index contributed by atoms with van der Waals surface area (Å²) < 4.78 is 0. The Kier molecular flexibility index (Phi) is 5.72. The van der Waals surface area contributed by atoms with Gasteiger partial charge in [-0.15, -0.1) is 0 Å². The Morgan fingerprint density at radius 3 is 2.42 bits per heavy atom. The molecule has 0 unspecified atom stereocenters. The second kappa shape index (κ2) is 8.93. The molecular weight excluding hydrogens is 384 g/mol. The molecule has 0 saturated carbocycles. The Morgan fingerprint density at radius 1 is 0.935 bits per heavy atom. The van der Waals surface area contributed by atoms with Crippen LogP contribution in [0.4, 0.5) is 17.1 Å². The molecule has 1 heterocycles. The van der Waals surface area contributed by atoms with E-state index >= 15 is 0 Å². The fourth-order valence-electron chi connectivity index (χ4n) is 3.31. The first kappa shape index (κ1) is 19.9. The van der Waals surface area contributed by atoms with E-state index in [9.17, 15) is 10.1 Å². The zero-order valence-electron chi connectivity index (χ0n) is 17.0. The van der Waals surface area contributed by atoms with Gasteiger partial charge in [-0.2, -0.15) is 5.26 Å². The van der Waals surface area contributed by atoms with Crippen molar-refractivity contribution in [3.8, 4) is 6.07 Å². The number of nitriles is 1. The summed E-state index contributed by atoms with van der Waals surface area (Å²) in [5, 5.41) is 13.2. The highest BCUT2D eigenvalue weighted by molar-refractivity contribution is 6.12. The number of carbonyl (C=O) groups is 1. The lowest BCUT2D eigenvalue weighted by molar-refractivity contribution is -0.112. The predicted octanol–water partition coefficient (Wildman–Crippen LogP) is 5.55. The van der Waals surface area contributed by atoms with Gasteiger partial charge < -0.3 is 10.2 Å². The third-order valence-electron chi connectivity index (χ3n) is 4.99. The molecule has 0 aliphatic carbocycles. The van der Waals surface area contributed by atoms with Gasteiger partial charge in [0.2, 0.25) is 0 Å². The summed E-state index contributed by atoms with van der Waals surface area (Å²) >= 11 is 0. The molecule has 4 aromatic rings. The van der Waals surface area contributed by atoms with Crippen molar-refractivity contribution in [2.45, 2.75) is 0 Å². The molecule has 0 aliphatic heterocycles. The SMILES string of the molecule is CN(c1ccccc1)c1ccc(C=C(C#N)C(=O)Nc2cccc3ncccc23)cc1. The highest BCUT2D eigenvalue weighted by Crippen LogP contribution is 2.25. The fourth-order valence-corrected chi connectivity index (χ4v) is 3.31. The standard InChI is InChI=1S/C26H20N4O/c1-30(21-7-3-2-4-8-21)22-14-12-19(13-15-22)17-20(18-27)26(31)29-25-11-5-10-24-23(25)9-6-16-28-24/h2-17H,1H3,(H,29,31). The van der Waals surface area contributed by atoms with E-state index in [2.05, 4.69) is 15.2 Å². The monoisotopic (exact) mass is 404 g/mol. The van der Waals surface area contributed by atoms with Gasteiger partial charge in [0.05, 0.1) is 11.2 Å². The molecule has 150 valence electrons. The maximum atomic E-state index is 12.7. The van der Waals surface area contributed by atoms with Crippen LogP contribution >= 0.6 is 0 Å². The van der Waals surface area contributed by atoms with Crippen molar-refractivity contribution in [1.29, 1.82) is 5.26 Å². The van der Waals surface area contributed by atoms with Crippen molar-refractivity contribution in [3.63, 3.8) is 0 Å². The van der Waals surface area contributed by atoms with Crippen LogP contribution in [0, 0.1) is 11.3 Å². The van der Waals surface area contributed by atoms with Gasteiger partial charge in [-0.3, -0.25) is 9.78 Å². The number of rotatable bonds is 5. The quantitative estimate of drug-likeness (QED) is 0.350. The van der Waals surface area contributed by atoms with Gasteiger partial charge in [-0.25, -0.2) is 0 Å². The number of hydrogen-bond donors (Lipinski definition) is 1. The first-order chi connectivity index (χ1) is 15.2. The summed E-state index contributed by atoms with van der Waals surface area (Å²) in [6.07, 6.45) is 3.29. The average molecular weight is 404 g/mol. The molecule has 0 radical (unpaired) electrons. The van der Waals surface area contributed by atoms with Crippen LogP contribution in [-0.4, -0.2) is 17.9 Å². The van der Waals surface area contributed by atoms with Gasteiger partial charge in [-0.1, -0.05) is 36.4 Å². The largest absolute Gasteiger partial charge is 0.345 e. The molecule has 0 atom stereocenters. The molecule has 4 rings (SSSR count). The van der Waals surface area contributed by atoms with E-state index in [1.807, 2.05) is 92.0 Å². The first-order valence-corrected chi connectivity index (χ1v) is 9.81. The van der Waals surface area contributed by atoms with Crippen molar-refractivity contribution in [2.75, 3.05) is 17.3 Å². The van der Waals surface area contributed by atoms with Crippen LogP contribution in [0.1, 0.15) is 5.56 Å². The zero-order valence-corrected chi connectivity index (χ0v) is 17.0. The molecule has 0 bridgehead atoms. The molecule has 0 spiro atoms. The highest BCUT2D eigenvalue weighted by atomic mass is 16.1. The minimum absolute atomic E-state index is 0.0325.